The zero-order chi connectivity index (χ0) is 12.1. The third kappa shape index (κ3) is 3.14. The van der Waals surface area contributed by atoms with E-state index in [1.807, 2.05) is 36.4 Å². The van der Waals surface area contributed by atoms with Crippen molar-refractivity contribution < 1.29 is 4.74 Å². The molecule has 0 aliphatic rings. The van der Waals surface area contributed by atoms with E-state index >= 15 is 0 Å². The molecular weight excluding hydrogens is 254 g/mol. The van der Waals surface area contributed by atoms with Gasteiger partial charge in [-0.25, -0.2) is 4.98 Å². The van der Waals surface area contributed by atoms with Crippen LogP contribution in [-0.4, -0.2) is 12.1 Å². The summed E-state index contributed by atoms with van der Waals surface area (Å²) >= 11 is 7.70. The summed E-state index contributed by atoms with van der Waals surface area (Å²) < 4.78 is 5.29. The first-order valence-corrected chi connectivity index (χ1v) is 6.53. The van der Waals surface area contributed by atoms with Gasteiger partial charge in [0.2, 0.25) is 0 Å². The minimum absolute atomic E-state index is 0.565. The molecule has 2 nitrogen and oxygen atoms in total. The smallest absolute Gasteiger partial charge is 0.133 e. The molecule has 2 aromatic rings. The number of rotatable bonds is 4. The highest BCUT2D eigenvalue weighted by molar-refractivity contribution is 7.98. The fraction of sp³-hybridized carbons (Fsp3) is 0.154. The molecule has 17 heavy (non-hydrogen) atoms. The molecule has 0 radical (unpaired) electrons. The van der Waals surface area contributed by atoms with Crippen molar-refractivity contribution in [1.29, 1.82) is 0 Å². The van der Waals surface area contributed by atoms with Gasteiger partial charge in [-0.05, 0) is 23.8 Å². The van der Waals surface area contributed by atoms with Crippen LogP contribution < -0.4 is 4.74 Å². The van der Waals surface area contributed by atoms with Gasteiger partial charge >= 0.3 is 0 Å². The zero-order valence-electron chi connectivity index (χ0n) is 9.39. The van der Waals surface area contributed by atoms with Gasteiger partial charge in [-0.1, -0.05) is 29.8 Å². The Morgan fingerprint density at radius 3 is 2.82 bits per heavy atom. The number of pyridine rings is 1. The summed E-state index contributed by atoms with van der Waals surface area (Å²) in [5, 5.41) is 0.565. The molecule has 1 aromatic carbocycles. The molecule has 4 heteroatoms. The first kappa shape index (κ1) is 12.3. The van der Waals surface area contributed by atoms with Crippen LogP contribution in [-0.2, 0) is 5.75 Å². The number of para-hydroxylation sites is 1. The summed E-state index contributed by atoms with van der Waals surface area (Å²) in [6.45, 7) is 0. The Labute approximate surface area is 110 Å². The summed E-state index contributed by atoms with van der Waals surface area (Å²) in [5.74, 6) is 1.67. The Bertz CT molecular complexity index is 504. The van der Waals surface area contributed by atoms with Crippen molar-refractivity contribution >= 4 is 23.4 Å². The maximum atomic E-state index is 6.01. The van der Waals surface area contributed by atoms with Crippen molar-refractivity contribution in [3.63, 3.8) is 0 Å². The van der Waals surface area contributed by atoms with E-state index in [4.69, 9.17) is 16.3 Å². The minimum Gasteiger partial charge on any atom is -0.496 e. The largest absolute Gasteiger partial charge is 0.496 e. The lowest BCUT2D eigenvalue weighted by molar-refractivity contribution is 0.405. The molecule has 1 aromatic heterocycles. The van der Waals surface area contributed by atoms with E-state index < -0.39 is 0 Å². The molecule has 0 unspecified atom stereocenters. The fourth-order valence-electron chi connectivity index (χ4n) is 1.42. The molecule has 0 N–H and O–H groups in total. The molecule has 88 valence electrons. The number of methoxy groups -OCH3 is 1. The predicted molar refractivity (Wildman–Crippen MR) is 71.8 cm³/mol. The lowest BCUT2D eigenvalue weighted by Crippen LogP contribution is -1.88. The number of hydrogen-bond donors (Lipinski definition) is 0. The Hall–Kier alpha value is -1.19. The van der Waals surface area contributed by atoms with Crippen LogP contribution >= 0.6 is 23.4 Å². The molecule has 0 bridgehead atoms. The van der Waals surface area contributed by atoms with Crippen LogP contribution in [0, 0.1) is 0 Å². The number of benzene rings is 1. The van der Waals surface area contributed by atoms with Gasteiger partial charge in [-0.3, -0.25) is 0 Å². The van der Waals surface area contributed by atoms with Gasteiger partial charge in [0.05, 0.1) is 7.11 Å². The van der Waals surface area contributed by atoms with Crippen LogP contribution in [0.25, 0.3) is 0 Å². The second-order valence-electron chi connectivity index (χ2n) is 3.39. The molecule has 1 heterocycles. The second kappa shape index (κ2) is 5.94. The van der Waals surface area contributed by atoms with Gasteiger partial charge in [0.1, 0.15) is 10.9 Å². The third-order valence-electron chi connectivity index (χ3n) is 2.29. The summed E-state index contributed by atoms with van der Waals surface area (Å²) in [6, 6.07) is 11.8. The van der Waals surface area contributed by atoms with E-state index in [0.717, 1.165) is 22.0 Å². The highest BCUT2D eigenvalue weighted by Gasteiger charge is 2.05. The second-order valence-corrected chi connectivity index (χ2v) is 4.77. The highest BCUT2D eigenvalue weighted by Crippen LogP contribution is 2.32. The van der Waals surface area contributed by atoms with Crippen molar-refractivity contribution in [2.24, 2.45) is 0 Å². The topological polar surface area (TPSA) is 22.1 Å². The molecule has 0 aliphatic heterocycles. The SMILES string of the molecule is COc1ccccc1SCc1cccnc1Cl. The van der Waals surface area contributed by atoms with E-state index in [1.165, 1.54) is 0 Å². The standard InChI is InChI=1S/C13H12ClNOS/c1-16-11-6-2-3-7-12(11)17-9-10-5-4-8-15-13(10)14/h2-8H,9H2,1H3. The number of halogens is 1. The van der Waals surface area contributed by atoms with Crippen LogP contribution in [0.3, 0.4) is 0 Å². The molecule has 0 saturated carbocycles. The summed E-state index contributed by atoms with van der Waals surface area (Å²) in [7, 11) is 1.68. The van der Waals surface area contributed by atoms with E-state index in [-0.39, 0.29) is 0 Å². The molecule has 0 amide bonds. The number of hydrogen-bond acceptors (Lipinski definition) is 3. The maximum Gasteiger partial charge on any atom is 0.133 e. The molecule has 0 aliphatic carbocycles. The quantitative estimate of drug-likeness (QED) is 0.615. The molecular formula is C13H12ClNOS. The molecule has 0 saturated heterocycles. The Balaban J connectivity index is 2.10. The molecule has 0 spiro atoms. The first-order valence-electron chi connectivity index (χ1n) is 5.16. The molecule has 2 rings (SSSR count). The van der Waals surface area contributed by atoms with E-state index in [9.17, 15) is 0 Å². The minimum atomic E-state index is 0.565. The zero-order valence-corrected chi connectivity index (χ0v) is 11.0. The summed E-state index contributed by atoms with van der Waals surface area (Å²) in [5.41, 5.74) is 1.03. The fourth-order valence-corrected chi connectivity index (χ4v) is 2.70. The van der Waals surface area contributed by atoms with Gasteiger partial charge in [0.15, 0.2) is 0 Å². The highest BCUT2D eigenvalue weighted by atomic mass is 35.5. The lowest BCUT2D eigenvalue weighted by Gasteiger charge is -2.07. The van der Waals surface area contributed by atoms with Crippen LogP contribution in [0.1, 0.15) is 5.56 Å². The van der Waals surface area contributed by atoms with Gasteiger partial charge in [0.25, 0.3) is 0 Å². The number of aromatic nitrogens is 1. The van der Waals surface area contributed by atoms with Crippen molar-refractivity contribution in [1.82, 2.24) is 4.98 Å². The monoisotopic (exact) mass is 265 g/mol. The lowest BCUT2D eigenvalue weighted by atomic mass is 10.3. The van der Waals surface area contributed by atoms with Gasteiger partial charge in [-0.2, -0.15) is 0 Å². The first-order chi connectivity index (χ1) is 8.31. The van der Waals surface area contributed by atoms with E-state index in [0.29, 0.717) is 5.15 Å². The van der Waals surface area contributed by atoms with E-state index in [1.54, 1.807) is 25.1 Å². The average molecular weight is 266 g/mol. The Kier molecular flexibility index (Phi) is 4.29. The van der Waals surface area contributed by atoms with Crippen molar-refractivity contribution in [3.05, 3.63) is 53.3 Å². The summed E-state index contributed by atoms with van der Waals surface area (Å²) in [6.07, 6.45) is 1.69. The summed E-state index contributed by atoms with van der Waals surface area (Å²) in [4.78, 5) is 5.16. The number of ether oxygens (including phenoxy) is 1. The van der Waals surface area contributed by atoms with Crippen molar-refractivity contribution in [2.75, 3.05) is 7.11 Å². The third-order valence-corrected chi connectivity index (χ3v) is 3.73. The number of thioether (sulfide) groups is 1. The number of nitrogens with zero attached hydrogens (tertiary/aromatic N) is 1. The van der Waals surface area contributed by atoms with Crippen LogP contribution in [0.15, 0.2) is 47.5 Å². The Morgan fingerprint density at radius 1 is 1.24 bits per heavy atom. The van der Waals surface area contributed by atoms with Crippen LogP contribution in [0.5, 0.6) is 5.75 Å². The van der Waals surface area contributed by atoms with Gasteiger partial charge in [-0.15, -0.1) is 11.8 Å². The molecule has 0 fully saturated rings. The van der Waals surface area contributed by atoms with Crippen LogP contribution in [0.4, 0.5) is 0 Å². The van der Waals surface area contributed by atoms with Crippen LogP contribution in [0.2, 0.25) is 5.15 Å². The van der Waals surface area contributed by atoms with Crippen molar-refractivity contribution in [2.45, 2.75) is 10.6 Å². The van der Waals surface area contributed by atoms with Crippen molar-refractivity contribution in [3.8, 4) is 5.75 Å². The average Bonchev–Trinajstić information content (AvgIpc) is 2.38. The predicted octanol–water partition coefficient (Wildman–Crippen LogP) is 4.04. The maximum absolute atomic E-state index is 6.01. The Morgan fingerprint density at radius 2 is 2.06 bits per heavy atom. The van der Waals surface area contributed by atoms with Gasteiger partial charge in [0, 0.05) is 16.8 Å². The normalized spacial score (nSPS) is 10.2. The molecule has 0 atom stereocenters. The van der Waals surface area contributed by atoms with E-state index in [2.05, 4.69) is 4.98 Å². The van der Waals surface area contributed by atoms with Gasteiger partial charge < -0.3 is 4.74 Å².